The summed E-state index contributed by atoms with van der Waals surface area (Å²) in [6, 6.07) is 8.51. The van der Waals surface area contributed by atoms with Crippen LogP contribution in [0.4, 0.5) is 18.9 Å². The van der Waals surface area contributed by atoms with Crippen LogP contribution in [0, 0.1) is 0 Å². The smallest absolute Gasteiger partial charge is 0.399 e. The van der Waals surface area contributed by atoms with E-state index in [1.807, 2.05) is 0 Å². The fourth-order valence-corrected chi connectivity index (χ4v) is 1.44. The number of rotatable bonds is 0. The number of benzene rings is 2. The highest BCUT2D eigenvalue weighted by Gasteiger charge is 2.30. The van der Waals surface area contributed by atoms with Gasteiger partial charge < -0.3 is 5.73 Å². The van der Waals surface area contributed by atoms with Crippen molar-refractivity contribution in [2.45, 2.75) is 6.18 Å². The van der Waals surface area contributed by atoms with Gasteiger partial charge in [-0.15, -0.1) is 0 Å². The second-order valence-electron chi connectivity index (χ2n) is 3.32. The number of nitrogens with two attached hydrogens (primary N) is 1. The Morgan fingerprint density at radius 1 is 0.867 bits per heavy atom. The summed E-state index contributed by atoms with van der Waals surface area (Å²) in [5.74, 6) is 0. The summed E-state index contributed by atoms with van der Waals surface area (Å²) < 4.78 is 37.2. The Morgan fingerprint density at radius 3 is 2.20 bits per heavy atom. The van der Waals surface area contributed by atoms with Crippen LogP contribution in [-0.2, 0) is 6.18 Å². The largest absolute Gasteiger partial charge is 0.416 e. The van der Waals surface area contributed by atoms with Gasteiger partial charge in [-0.1, -0.05) is 12.1 Å². The van der Waals surface area contributed by atoms with Crippen LogP contribution in [0.25, 0.3) is 10.8 Å². The number of nitrogen functional groups attached to an aromatic ring is 1. The van der Waals surface area contributed by atoms with E-state index in [1.54, 1.807) is 12.1 Å². The molecule has 0 fully saturated rings. The Kier molecular flexibility index (Phi) is 2.07. The van der Waals surface area contributed by atoms with Gasteiger partial charge in [-0.3, -0.25) is 0 Å². The van der Waals surface area contributed by atoms with Crippen molar-refractivity contribution in [2.24, 2.45) is 0 Å². The first kappa shape index (κ1) is 9.83. The van der Waals surface area contributed by atoms with Crippen molar-refractivity contribution in [3.8, 4) is 0 Å². The van der Waals surface area contributed by atoms with Crippen molar-refractivity contribution in [2.75, 3.05) is 5.73 Å². The van der Waals surface area contributed by atoms with Crippen LogP contribution < -0.4 is 5.73 Å². The Balaban J connectivity index is 2.64. The zero-order valence-corrected chi connectivity index (χ0v) is 7.68. The molecule has 0 aliphatic carbocycles. The predicted molar refractivity (Wildman–Crippen MR) is 53.4 cm³/mol. The summed E-state index contributed by atoms with van der Waals surface area (Å²) >= 11 is 0. The molecular formula is C11H8F3N. The molecule has 2 aromatic carbocycles. The molecule has 2 aromatic rings. The first-order valence-electron chi connectivity index (χ1n) is 4.33. The maximum absolute atomic E-state index is 12.4. The lowest BCUT2D eigenvalue weighted by Crippen LogP contribution is -2.04. The maximum Gasteiger partial charge on any atom is 0.416 e. The Hall–Kier alpha value is -1.71. The van der Waals surface area contributed by atoms with E-state index in [0.29, 0.717) is 11.1 Å². The SMILES string of the molecule is Nc1ccc2ccc(C(F)(F)F)cc2c1. The molecule has 2 rings (SSSR count). The number of alkyl halides is 3. The van der Waals surface area contributed by atoms with E-state index in [1.165, 1.54) is 12.1 Å². The Bertz CT molecular complexity index is 503. The molecule has 4 heteroatoms. The Labute approximate surface area is 84.3 Å². The fraction of sp³-hybridized carbons (Fsp3) is 0.0909. The van der Waals surface area contributed by atoms with E-state index in [4.69, 9.17) is 5.73 Å². The molecule has 0 saturated carbocycles. The molecule has 0 saturated heterocycles. The maximum atomic E-state index is 12.4. The van der Waals surface area contributed by atoms with Gasteiger partial charge >= 0.3 is 6.18 Å². The molecule has 0 aromatic heterocycles. The molecular weight excluding hydrogens is 203 g/mol. The lowest BCUT2D eigenvalue weighted by Gasteiger charge is -2.07. The van der Waals surface area contributed by atoms with Gasteiger partial charge in [-0.05, 0) is 35.0 Å². The molecule has 0 radical (unpaired) electrons. The average molecular weight is 211 g/mol. The van der Waals surface area contributed by atoms with E-state index in [9.17, 15) is 13.2 Å². The van der Waals surface area contributed by atoms with Crippen LogP contribution in [0.3, 0.4) is 0 Å². The van der Waals surface area contributed by atoms with E-state index in [-0.39, 0.29) is 0 Å². The lowest BCUT2D eigenvalue weighted by atomic mass is 10.1. The predicted octanol–water partition coefficient (Wildman–Crippen LogP) is 3.44. The lowest BCUT2D eigenvalue weighted by molar-refractivity contribution is -0.137. The molecule has 0 spiro atoms. The number of hydrogen-bond donors (Lipinski definition) is 1. The van der Waals surface area contributed by atoms with Crippen LogP contribution in [-0.4, -0.2) is 0 Å². The topological polar surface area (TPSA) is 26.0 Å². The minimum absolute atomic E-state index is 0.460. The standard InChI is InChI=1S/C11H8F3N/c12-11(13,14)9-3-1-7-2-4-10(15)6-8(7)5-9/h1-6H,15H2. The van der Waals surface area contributed by atoms with E-state index >= 15 is 0 Å². The minimum Gasteiger partial charge on any atom is -0.399 e. The van der Waals surface area contributed by atoms with Crippen molar-refractivity contribution in [1.82, 2.24) is 0 Å². The normalized spacial score (nSPS) is 11.9. The van der Waals surface area contributed by atoms with E-state index in [2.05, 4.69) is 0 Å². The number of hydrogen-bond acceptors (Lipinski definition) is 1. The van der Waals surface area contributed by atoms with Gasteiger partial charge in [0, 0.05) is 5.69 Å². The summed E-state index contributed by atoms with van der Waals surface area (Å²) in [7, 11) is 0. The Morgan fingerprint density at radius 2 is 1.53 bits per heavy atom. The number of anilines is 1. The molecule has 0 bridgehead atoms. The zero-order valence-electron chi connectivity index (χ0n) is 7.68. The van der Waals surface area contributed by atoms with Gasteiger partial charge in [-0.2, -0.15) is 13.2 Å². The van der Waals surface area contributed by atoms with Crippen molar-refractivity contribution in [1.29, 1.82) is 0 Å². The quantitative estimate of drug-likeness (QED) is 0.663. The third-order valence-corrected chi connectivity index (χ3v) is 2.19. The van der Waals surface area contributed by atoms with Gasteiger partial charge in [0.15, 0.2) is 0 Å². The molecule has 0 aliphatic rings. The highest BCUT2D eigenvalue weighted by Crippen LogP contribution is 2.31. The van der Waals surface area contributed by atoms with Crippen LogP contribution in [0.15, 0.2) is 36.4 Å². The summed E-state index contributed by atoms with van der Waals surface area (Å²) in [5, 5.41) is 1.25. The summed E-state index contributed by atoms with van der Waals surface area (Å²) in [4.78, 5) is 0. The highest BCUT2D eigenvalue weighted by molar-refractivity contribution is 5.86. The van der Waals surface area contributed by atoms with Crippen molar-refractivity contribution in [3.05, 3.63) is 42.0 Å². The molecule has 1 nitrogen and oxygen atoms in total. The van der Waals surface area contributed by atoms with Gasteiger partial charge in [0.1, 0.15) is 0 Å². The van der Waals surface area contributed by atoms with E-state index < -0.39 is 11.7 Å². The summed E-state index contributed by atoms with van der Waals surface area (Å²) in [5.41, 5.74) is 5.31. The molecule has 78 valence electrons. The first-order chi connectivity index (χ1) is 6.97. The minimum atomic E-state index is -4.31. The number of halogens is 3. The second kappa shape index (κ2) is 3.15. The van der Waals surface area contributed by atoms with Gasteiger partial charge in [0.2, 0.25) is 0 Å². The van der Waals surface area contributed by atoms with Crippen molar-refractivity contribution in [3.63, 3.8) is 0 Å². The first-order valence-corrected chi connectivity index (χ1v) is 4.33. The van der Waals surface area contributed by atoms with E-state index in [0.717, 1.165) is 17.5 Å². The van der Waals surface area contributed by atoms with Crippen molar-refractivity contribution < 1.29 is 13.2 Å². The van der Waals surface area contributed by atoms with Crippen molar-refractivity contribution >= 4 is 16.5 Å². The molecule has 0 unspecified atom stereocenters. The molecule has 2 N–H and O–H groups in total. The summed E-state index contributed by atoms with van der Waals surface area (Å²) in [6.45, 7) is 0. The van der Waals surface area contributed by atoms with Gasteiger partial charge in [0.25, 0.3) is 0 Å². The number of fused-ring (bicyclic) bond motifs is 1. The molecule has 15 heavy (non-hydrogen) atoms. The summed E-state index contributed by atoms with van der Waals surface area (Å²) in [6.07, 6.45) is -4.31. The average Bonchev–Trinajstić information content (AvgIpc) is 2.15. The molecule has 0 aliphatic heterocycles. The highest BCUT2D eigenvalue weighted by atomic mass is 19.4. The monoisotopic (exact) mass is 211 g/mol. The van der Waals surface area contributed by atoms with Gasteiger partial charge in [0.05, 0.1) is 5.56 Å². The molecule has 0 atom stereocenters. The third kappa shape index (κ3) is 1.88. The molecule has 0 heterocycles. The van der Waals surface area contributed by atoms with Crippen LogP contribution in [0.5, 0.6) is 0 Å². The van der Waals surface area contributed by atoms with Crippen LogP contribution in [0.2, 0.25) is 0 Å². The molecule has 0 amide bonds. The third-order valence-electron chi connectivity index (χ3n) is 2.19. The van der Waals surface area contributed by atoms with Crippen LogP contribution in [0.1, 0.15) is 5.56 Å². The zero-order chi connectivity index (χ0) is 11.1. The fourth-order valence-electron chi connectivity index (χ4n) is 1.44. The second-order valence-corrected chi connectivity index (χ2v) is 3.32. The van der Waals surface area contributed by atoms with Crippen LogP contribution >= 0.6 is 0 Å². The van der Waals surface area contributed by atoms with Gasteiger partial charge in [-0.25, -0.2) is 0 Å².